The Morgan fingerprint density at radius 2 is 2.24 bits per heavy atom. The van der Waals surface area contributed by atoms with Crippen LogP contribution in [-0.2, 0) is 11.3 Å². The Kier molecular flexibility index (Phi) is 4.81. The van der Waals surface area contributed by atoms with E-state index in [4.69, 9.17) is 9.15 Å². The number of rotatable bonds is 6. The van der Waals surface area contributed by atoms with Gasteiger partial charge in [0.1, 0.15) is 23.4 Å². The van der Waals surface area contributed by atoms with E-state index in [2.05, 4.69) is 10.6 Å². The molecule has 2 N–H and O–H groups in total. The van der Waals surface area contributed by atoms with Crippen molar-refractivity contribution in [2.24, 2.45) is 0 Å². The van der Waals surface area contributed by atoms with E-state index in [1.165, 1.54) is 25.3 Å². The number of benzene rings is 1. The highest BCUT2D eigenvalue weighted by molar-refractivity contribution is 5.84. The van der Waals surface area contributed by atoms with E-state index in [1.807, 2.05) is 0 Å². The fraction of sp³-hybridized carbons (Fsp3) is 0.267. The van der Waals surface area contributed by atoms with E-state index in [9.17, 15) is 9.18 Å². The van der Waals surface area contributed by atoms with Crippen LogP contribution in [0.3, 0.4) is 0 Å². The number of furan rings is 1. The molecule has 1 heterocycles. The van der Waals surface area contributed by atoms with Gasteiger partial charge in [-0.1, -0.05) is 0 Å². The molecule has 1 aromatic heterocycles. The lowest BCUT2D eigenvalue weighted by Gasteiger charge is -2.17. The van der Waals surface area contributed by atoms with Crippen LogP contribution in [0.25, 0.3) is 0 Å². The highest BCUT2D eigenvalue weighted by Crippen LogP contribution is 2.25. The molecule has 2 aromatic rings. The molecule has 1 amide bonds. The van der Waals surface area contributed by atoms with Gasteiger partial charge in [0, 0.05) is 6.07 Å². The van der Waals surface area contributed by atoms with Crippen LogP contribution < -0.4 is 15.4 Å². The average molecular weight is 292 g/mol. The van der Waals surface area contributed by atoms with Crippen molar-refractivity contribution in [2.75, 3.05) is 12.4 Å². The quantitative estimate of drug-likeness (QED) is 0.859. The van der Waals surface area contributed by atoms with E-state index in [1.54, 1.807) is 25.3 Å². The van der Waals surface area contributed by atoms with Crippen LogP contribution in [0.4, 0.5) is 10.1 Å². The molecule has 1 aromatic carbocycles. The van der Waals surface area contributed by atoms with Crippen molar-refractivity contribution in [1.29, 1.82) is 0 Å². The summed E-state index contributed by atoms with van der Waals surface area (Å²) in [7, 11) is 1.45. The molecule has 0 radical (unpaired) electrons. The van der Waals surface area contributed by atoms with E-state index in [0.717, 1.165) is 0 Å². The van der Waals surface area contributed by atoms with Crippen molar-refractivity contribution in [3.63, 3.8) is 0 Å². The molecule has 0 aliphatic heterocycles. The molecule has 0 aliphatic carbocycles. The Morgan fingerprint density at radius 3 is 2.90 bits per heavy atom. The third-order valence-electron chi connectivity index (χ3n) is 2.95. The second-order valence-electron chi connectivity index (χ2n) is 4.51. The minimum absolute atomic E-state index is 0.197. The minimum Gasteiger partial charge on any atom is -0.494 e. The smallest absolute Gasteiger partial charge is 0.242 e. The molecule has 1 atom stereocenters. The van der Waals surface area contributed by atoms with Gasteiger partial charge in [-0.25, -0.2) is 4.39 Å². The Morgan fingerprint density at radius 1 is 1.43 bits per heavy atom. The SMILES string of the molecule is COc1cc(F)ccc1NC(C)C(=O)NCc1ccco1. The molecule has 21 heavy (non-hydrogen) atoms. The highest BCUT2D eigenvalue weighted by atomic mass is 19.1. The lowest BCUT2D eigenvalue weighted by Crippen LogP contribution is -2.37. The number of hydrogen-bond acceptors (Lipinski definition) is 4. The number of methoxy groups -OCH3 is 1. The zero-order valence-corrected chi connectivity index (χ0v) is 11.9. The van der Waals surface area contributed by atoms with Crippen molar-refractivity contribution in [3.8, 4) is 5.75 Å². The molecule has 0 spiro atoms. The molecule has 112 valence electrons. The van der Waals surface area contributed by atoms with Crippen LogP contribution in [0.1, 0.15) is 12.7 Å². The molecule has 0 saturated heterocycles. The molecular weight excluding hydrogens is 275 g/mol. The summed E-state index contributed by atoms with van der Waals surface area (Å²) in [6.45, 7) is 2.03. The summed E-state index contributed by atoms with van der Waals surface area (Å²) in [5, 5.41) is 5.73. The second-order valence-corrected chi connectivity index (χ2v) is 4.51. The van der Waals surface area contributed by atoms with E-state index < -0.39 is 11.9 Å². The van der Waals surface area contributed by atoms with Gasteiger partial charge in [0.25, 0.3) is 0 Å². The third-order valence-corrected chi connectivity index (χ3v) is 2.95. The maximum Gasteiger partial charge on any atom is 0.242 e. The summed E-state index contributed by atoms with van der Waals surface area (Å²) in [5.41, 5.74) is 0.555. The second kappa shape index (κ2) is 6.78. The summed E-state index contributed by atoms with van der Waals surface area (Å²) in [6.07, 6.45) is 1.55. The zero-order chi connectivity index (χ0) is 15.2. The summed E-state index contributed by atoms with van der Waals surface area (Å²) in [6, 6.07) is 7.13. The number of anilines is 1. The molecular formula is C15H17FN2O3. The average Bonchev–Trinajstić information content (AvgIpc) is 2.99. The first-order valence-electron chi connectivity index (χ1n) is 6.50. The van der Waals surface area contributed by atoms with Crippen LogP contribution >= 0.6 is 0 Å². The van der Waals surface area contributed by atoms with Crippen molar-refractivity contribution >= 4 is 11.6 Å². The summed E-state index contributed by atoms with van der Waals surface area (Å²) < 4.78 is 23.3. The first-order valence-corrected chi connectivity index (χ1v) is 6.50. The van der Waals surface area contributed by atoms with Crippen LogP contribution in [0.2, 0.25) is 0 Å². The van der Waals surface area contributed by atoms with Crippen molar-refractivity contribution in [3.05, 3.63) is 48.2 Å². The minimum atomic E-state index is -0.501. The molecule has 6 heteroatoms. The number of hydrogen-bond donors (Lipinski definition) is 2. The van der Waals surface area contributed by atoms with Gasteiger partial charge in [-0.3, -0.25) is 4.79 Å². The molecule has 5 nitrogen and oxygen atoms in total. The number of halogens is 1. The molecule has 0 bridgehead atoms. The number of carbonyl (C=O) groups excluding carboxylic acids is 1. The molecule has 0 saturated carbocycles. The summed E-state index contributed by atoms with van der Waals surface area (Å²) >= 11 is 0. The standard InChI is InChI=1S/C15H17FN2O3/c1-10(15(19)17-9-12-4-3-7-21-12)18-13-6-5-11(16)8-14(13)20-2/h3-8,10,18H,9H2,1-2H3,(H,17,19). The normalized spacial score (nSPS) is 11.8. The van der Waals surface area contributed by atoms with Crippen LogP contribution in [-0.4, -0.2) is 19.1 Å². The Hall–Kier alpha value is -2.50. The topological polar surface area (TPSA) is 63.5 Å². The lowest BCUT2D eigenvalue weighted by atomic mass is 10.2. The molecule has 1 unspecified atom stereocenters. The van der Waals surface area contributed by atoms with Gasteiger partial charge in [-0.15, -0.1) is 0 Å². The fourth-order valence-electron chi connectivity index (χ4n) is 1.82. The predicted octanol–water partition coefficient (Wildman–Crippen LogP) is 2.54. The maximum atomic E-state index is 13.1. The van der Waals surface area contributed by atoms with Gasteiger partial charge in [0.05, 0.1) is 25.6 Å². The highest BCUT2D eigenvalue weighted by Gasteiger charge is 2.15. The van der Waals surface area contributed by atoms with Crippen molar-refractivity contribution in [1.82, 2.24) is 5.32 Å². The first kappa shape index (κ1) is 14.9. The molecule has 0 fully saturated rings. The van der Waals surface area contributed by atoms with Gasteiger partial charge in [-0.05, 0) is 31.2 Å². The largest absolute Gasteiger partial charge is 0.494 e. The number of nitrogens with one attached hydrogen (secondary N) is 2. The van der Waals surface area contributed by atoms with Crippen molar-refractivity contribution < 1.29 is 18.3 Å². The number of carbonyl (C=O) groups is 1. The third kappa shape index (κ3) is 3.98. The Labute approximate surface area is 122 Å². The number of ether oxygens (including phenoxy) is 1. The van der Waals surface area contributed by atoms with E-state index >= 15 is 0 Å². The maximum absolute atomic E-state index is 13.1. The van der Waals surface area contributed by atoms with Gasteiger partial charge < -0.3 is 19.8 Å². The van der Waals surface area contributed by atoms with Crippen molar-refractivity contribution in [2.45, 2.75) is 19.5 Å². The van der Waals surface area contributed by atoms with Gasteiger partial charge >= 0.3 is 0 Å². The lowest BCUT2D eigenvalue weighted by molar-refractivity contribution is -0.121. The van der Waals surface area contributed by atoms with Crippen LogP contribution in [0.5, 0.6) is 5.75 Å². The van der Waals surface area contributed by atoms with Crippen LogP contribution in [0, 0.1) is 5.82 Å². The van der Waals surface area contributed by atoms with E-state index in [0.29, 0.717) is 23.7 Å². The Bertz CT molecular complexity index is 599. The molecule has 0 aliphatic rings. The van der Waals surface area contributed by atoms with Gasteiger partial charge in [0.2, 0.25) is 5.91 Å². The number of amides is 1. The summed E-state index contributed by atoms with van der Waals surface area (Å²) in [4.78, 5) is 12.0. The monoisotopic (exact) mass is 292 g/mol. The summed E-state index contributed by atoms with van der Waals surface area (Å²) in [5.74, 6) is 0.431. The predicted molar refractivity (Wildman–Crippen MR) is 76.6 cm³/mol. The first-order chi connectivity index (χ1) is 10.1. The van der Waals surface area contributed by atoms with E-state index in [-0.39, 0.29) is 5.91 Å². The van der Waals surface area contributed by atoms with Crippen LogP contribution in [0.15, 0.2) is 41.0 Å². The molecule has 2 rings (SSSR count). The van der Waals surface area contributed by atoms with Gasteiger partial charge in [-0.2, -0.15) is 0 Å². The van der Waals surface area contributed by atoms with Gasteiger partial charge in [0.15, 0.2) is 0 Å². The fourth-order valence-corrected chi connectivity index (χ4v) is 1.82. The Balaban J connectivity index is 1.94. The zero-order valence-electron chi connectivity index (χ0n) is 11.9.